The molecular formula is C15H11IO. The molecule has 0 radical (unpaired) electrons. The lowest BCUT2D eigenvalue weighted by Crippen LogP contribution is -1.86. The largest absolute Gasteiger partial charge is 0.497 e. The van der Waals surface area contributed by atoms with Crippen molar-refractivity contribution >= 4 is 44.1 Å². The van der Waals surface area contributed by atoms with Gasteiger partial charge in [-0.1, -0.05) is 30.3 Å². The van der Waals surface area contributed by atoms with E-state index in [1.807, 2.05) is 6.07 Å². The van der Waals surface area contributed by atoms with Crippen molar-refractivity contribution in [3.63, 3.8) is 0 Å². The number of benzene rings is 3. The normalized spacial score (nSPS) is 10.9. The average molecular weight is 334 g/mol. The van der Waals surface area contributed by atoms with E-state index in [1.165, 1.54) is 25.1 Å². The summed E-state index contributed by atoms with van der Waals surface area (Å²) < 4.78 is 6.57. The minimum absolute atomic E-state index is 0.908. The molecule has 0 amide bonds. The maximum absolute atomic E-state index is 5.29. The summed E-state index contributed by atoms with van der Waals surface area (Å²) in [5, 5.41) is 5.10. The molecule has 0 atom stereocenters. The summed E-state index contributed by atoms with van der Waals surface area (Å²) >= 11 is 2.41. The number of hydrogen-bond acceptors (Lipinski definition) is 1. The van der Waals surface area contributed by atoms with Crippen molar-refractivity contribution in [2.45, 2.75) is 0 Å². The van der Waals surface area contributed by atoms with Crippen LogP contribution in [0.2, 0.25) is 0 Å². The van der Waals surface area contributed by atoms with Gasteiger partial charge in [-0.2, -0.15) is 0 Å². The van der Waals surface area contributed by atoms with Crippen molar-refractivity contribution in [1.29, 1.82) is 0 Å². The Labute approximate surface area is 114 Å². The molecular weight excluding hydrogens is 323 g/mol. The molecule has 0 saturated carbocycles. The van der Waals surface area contributed by atoms with Crippen LogP contribution in [-0.4, -0.2) is 7.11 Å². The third-order valence-electron chi connectivity index (χ3n) is 3.01. The minimum atomic E-state index is 0.908. The van der Waals surface area contributed by atoms with Crippen LogP contribution < -0.4 is 4.74 Å². The van der Waals surface area contributed by atoms with Crippen LogP contribution in [0.25, 0.3) is 21.5 Å². The number of fused-ring (bicyclic) bond motifs is 2. The number of ether oxygens (including phenoxy) is 1. The highest BCUT2D eigenvalue weighted by Gasteiger charge is 2.05. The molecule has 0 aliphatic heterocycles. The van der Waals surface area contributed by atoms with E-state index in [4.69, 9.17) is 4.74 Å². The monoisotopic (exact) mass is 334 g/mol. The molecule has 0 saturated heterocycles. The van der Waals surface area contributed by atoms with Gasteiger partial charge in [0.05, 0.1) is 7.11 Å². The Hall–Kier alpha value is -1.29. The second kappa shape index (κ2) is 4.18. The summed E-state index contributed by atoms with van der Waals surface area (Å²) in [4.78, 5) is 0. The van der Waals surface area contributed by atoms with Crippen LogP contribution in [0.3, 0.4) is 0 Å². The Kier molecular flexibility index (Phi) is 2.67. The van der Waals surface area contributed by atoms with Gasteiger partial charge in [-0.05, 0) is 62.3 Å². The van der Waals surface area contributed by atoms with E-state index in [2.05, 4.69) is 65.1 Å². The predicted octanol–water partition coefficient (Wildman–Crippen LogP) is 4.61. The summed E-state index contributed by atoms with van der Waals surface area (Å²) in [7, 11) is 1.70. The zero-order valence-corrected chi connectivity index (χ0v) is 11.6. The summed E-state index contributed by atoms with van der Waals surface area (Å²) in [5.74, 6) is 0.908. The van der Waals surface area contributed by atoms with Gasteiger partial charge < -0.3 is 4.74 Å². The molecule has 0 spiro atoms. The quantitative estimate of drug-likeness (QED) is 0.467. The Balaban J connectivity index is 2.46. The van der Waals surface area contributed by atoms with Crippen LogP contribution in [0.15, 0.2) is 48.5 Å². The summed E-state index contributed by atoms with van der Waals surface area (Å²) in [6, 6.07) is 16.9. The molecule has 17 heavy (non-hydrogen) atoms. The van der Waals surface area contributed by atoms with Crippen LogP contribution >= 0.6 is 22.6 Å². The first-order valence-electron chi connectivity index (χ1n) is 5.44. The molecule has 3 rings (SSSR count). The Morgan fingerprint density at radius 1 is 0.882 bits per heavy atom. The smallest absolute Gasteiger partial charge is 0.119 e. The Morgan fingerprint density at radius 3 is 2.47 bits per heavy atom. The van der Waals surface area contributed by atoms with Crippen LogP contribution in [0.4, 0.5) is 0 Å². The molecule has 0 aliphatic rings. The van der Waals surface area contributed by atoms with Crippen LogP contribution in [-0.2, 0) is 0 Å². The van der Waals surface area contributed by atoms with Gasteiger partial charge in [0.25, 0.3) is 0 Å². The van der Waals surface area contributed by atoms with E-state index in [0.29, 0.717) is 0 Å². The lowest BCUT2D eigenvalue weighted by Gasteiger charge is -2.08. The lowest BCUT2D eigenvalue weighted by atomic mass is 10.0. The van der Waals surface area contributed by atoms with Crippen molar-refractivity contribution in [3.05, 3.63) is 52.1 Å². The van der Waals surface area contributed by atoms with Gasteiger partial charge in [0.2, 0.25) is 0 Å². The number of hydrogen-bond donors (Lipinski definition) is 0. The van der Waals surface area contributed by atoms with Crippen LogP contribution in [0.5, 0.6) is 5.75 Å². The van der Waals surface area contributed by atoms with Crippen molar-refractivity contribution in [1.82, 2.24) is 0 Å². The molecule has 0 N–H and O–H groups in total. The standard InChI is InChI=1S/C15H11IO/c1-17-12-7-6-11-8-10-4-2-3-5-13(10)15(16)14(11)9-12/h2-9H,1H3. The van der Waals surface area contributed by atoms with Crippen molar-refractivity contribution in [3.8, 4) is 5.75 Å². The van der Waals surface area contributed by atoms with Crippen molar-refractivity contribution < 1.29 is 4.74 Å². The van der Waals surface area contributed by atoms with E-state index in [-0.39, 0.29) is 0 Å². The highest BCUT2D eigenvalue weighted by atomic mass is 127. The third kappa shape index (κ3) is 1.76. The number of methoxy groups -OCH3 is 1. The molecule has 1 nitrogen and oxygen atoms in total. The fourth-order valence-corrected chi connectivity index (χ4v) is 3.07. The van der Waals surface area contributed by atoms with Crippen LogP contribution in [0.1, 0.15) is 0 Å². The summed E-state index contributed by atoms with van der Waals surface area (Å²) in [6.45, 7) is 0. The van der Waals surface area contributed by atoms with E-state index in [9.17, 15) is 0 Å². The second-order valence-corrected chi connectivity index (χ2v) is 5.08. The van der Waals surface area contributed by atoms with Gasteiger partial charge in [0.1, 0.15) is 5.75 Å². The van der Waals surface area contributed by atoms with Crippen molar-refractivity contribution in [2.75, 3.05) is 7.11 Å². The maximum atomic E-state index is 5.29. The van der Waals surface area contributed by atoms with E-state index < -0.39 is 0 Å². The topological polar surface area (TPSA) is 9.23 Å². The van der Waals surface area contributed by atoms with E-state index in [1.54, 1.807) is 7.11 Å². The average Bonchev–Trinajstić information content (AvgIpc) is 2.39. The van der Waals surface area contributed by atoms with Gasteiger partial charge in [-0.15, -0.1) is 0 Å². The number of rotatable bonds is 1. The molecule has 0 bridgehead atoms. The third-order valence-corrected chi connectivity index (χ3v) is 4.17. The van der Waals surface area contributed by atoms with Crippen molar-refractivity contribution in [2.24, 2.45) is 0 Å². The first kappa shape index (κ1) is 10.8. The SMILES string of the molecule is COc1ccc2cc3ccccc3c(I)c2c1. The molecule has 0 unspecified atom stereocenters. The second-order valence-electron chi connectivity index (χ2n) is 4.00. The number of halogens is 1. The summed E-state index contributed by atoms with van der Waals surface area (Å²) in [6.07, 6.45) is 0. The van der Waals surface area contributed by atoms with Gasteiger partial charge >= 0.3 is 0 Å². The van der Waals surface area contributed by atoms with E-state index in [0.717, 1.165) is 5.75 Å². The van der Waals surface area contributed by atoms with Gasteiger partial charge in [-0.3, -0.25) is 0 Å². The van der Waals surface area contributed by atoms with E-state index >= 15 is 0 Å². The zero-order valence-electron chi connectivity index (χ0n) is 9.41. The fraction of sp³-hybridized carbons (Fsp3) is 0.0667. The first-order valence-corrected chi connectivity index (χ1v) is 6.52. The Morgan fingerprint density at radius 2 is 1.65 bits per heavy atom. The molecule has 0 fully saturated rings. The molecule has 3 aromatic carbocycles. The Bertz CT molecular complexity index is 704. The fourth-order valence-electron chi connectivity index (χ4n) is 2.11. The highest BCUT2D eigenvalue weighted by molar-refractivity contribution is 14.1. The zero-order chi connectivity index (χ0) is 11.8. The minimum Gasteiger partial charge on any atom is -0.497 e. The molecule has 0 aliphatic carbocycles. The molecule has 0 aromatic heterocycles. The molecule has 84 valence electrons. The first-order chi connectivity index (χ1) is 8.29. The molecule has 0 heterocycles. The lowest BCUT2D eigenvalue weighted by molar-refractivity contribution is 0.415. The summed E-state index contributed by atoms with van der Waals surface area (Å²) in [5.41, 5.74) is 0. The van der Waals surface area contributed by atoms with Gasteiger partial charge in [0, 0.05) is 3.57 Å². The van der Waals surface area contributed by atoms with Crippen LogP contribution in [0, 0.1) is 3.57 Å². The van der Waals surface area contributed by atoms with Gasteiger partial charge in [0.15, 0.2) is 0 Å². The maximum Gasteiger partial charge on any atom is 0.119 e. The van der Waals surface area contributed by atoms with Gasteiger partial charge in [-0.25, -0.2) is 0 Å². The highest BCUT2D eigenvalue weighted by Crippen LogP contribution is 2.31. The molecule has 3 aromatic rings. The molecule has 2 heteroatoms. The predicted molar refractivity (Wildman–Crippen MR) is 80.7 cm³/mol.